The molecule has 0 saturated carbocycles. The van der Waals surface area contributed by atoms with E-state index in [1.165, 1.54) is 6.07 Å². The molecule has 1 heterocycles. The van der Waals surface area contributed by atoms with Gasteiger partial charge in [-0.2, -0.15) is 0 Å². The number of benzene rings is 2. The van der Waals surface area contributed by atoms with Gasteiger partial charge in [0.05, 0.1) is 29.8 Å². The Morgan fingerprint density at radius 1 is 1.18 bits per heavy atom. The van der Waals surface area contributed by atoms with E-state index in [-0.39, 0.29) is 24.5 Å². The van der Waals surface area contributed by atoms with Gasteiger partial charge in [0.2, 0.25) is 0 Å². The second-order valence-electron chi connectivity index (χ2n) is 5.76. The highest BCUT2D eigenvalue weighted by Gasteiger charge is 2.21. The summed E-state index contributed by atoms with van der Waals surface area (Å²) in [7, 11) is 1.13. The summed E-state index contributed by atoms with van der Waals surface area (Å²) in [5.74, 6) is -1.15. The normalized spacial score (nSPS) is 12.5. The minimum absolute atomic E-state index is 0.0585. The topological polar surface area (TPSA) is 114 Å². The number of rotatable bonds is 5. The first-order chi connectivity index (χ1) is 13.4. The van der Waals surface area contributed by atoms with Crippen LogP contribution in [0, 0.1) is 10.1 Å². The molecule has 0 atom stereocenters. The highest BCUT2D eigenvalue weighted by molar-refractivity contribution is 6.30. The molecule has 146 valence electrons. The third-order valence-electron chi connectivity index (χ3n) is 3.90. The van der Waals surface area contributed by atoms with Crippen molar-refractivity contribution in [2.75, 3.05) is 13.9 Å². The summed E-state index contributed by atoms with van der Waals surface area (Å²) in [4.78, 5) is 34.5. The van der Waals surface area contributed by atoms with Gasteiger partial charge in [-0.15, -0.1) is 0 Å². The summed E-state index contributed by atoms with van der Waals surface area (Å²) in [5, 5.41) is 11.5. The molecule has 3 rings (SSSR count). The summed E-state index contributed by atoms with van der Waals surface area (Å²) in [5.41, 5.74) is 0.514. The number of nitro benzene ring substituents is 1. The Balaban J connectivity index is 1.84. The quantitative estimate of drug-likeness (QED) is 0.421. The Morgan fingerprint density at radius 3 is 2.57 bits per heavy atom. The number of nitro groups is 1. The fraction of sp³-hybridized carbons (Fsp3) is 0.222. The number of nitrogens with zero attached hydrogens (tertiary/aromatic N) is 1. The molecule has 0 aromatic heterocycles. The lowest BCUT2D eigenvalue weighted by molar-refractivity contribution is -0.384. The van der Waals surface area contributed by atoms with Crippen LogP contribution in [0.3, 0.4) is 0 Å². The van der Waals surface area contributed by atoms with E-state index in [1.54, 1.807) is 12.1 Å². The lowest BCUT2D eigenvalue weighted by Gasteiger charge is -2.21. The predicted molar refractivity (Wildman–Crippen MR) is 95.3 cm³/mol. The van der Waals surface area contributed by atoms with Gasteiger partial charge in [-0.25, -0.2) is 9.59 Å². The molecule has 9 nitrogen and oxygen atoms in total. The van der Waals surface area contributed by atoms with E-state index in [0.717, 1.165) is 19.2 Å². The molecule has 10 heteroatoms. The molecular formula is C18H14ClNO8. The molecule has 2 aromatic carbocycles. The zero-order valence-electron chi connectivity index (χ0n) is 14.6. The zero-order chi connectivity index (χ0) is 20.3. The first-order valence-corrected chi connectivity index (χ1v) is 8.33. The van der Waals surface area contributed by atoms with Gasteiger partial charge in [-0.3, -0.25) is 10.1 Å². The Morgan fingerprint density at radius 2 is 1.89 bits per heavy atom. The third kappa shape index (κ3) is 4.21. The Labute approximate surface area is 163 Å². The summed E-state index contributed by atoms with van der Waals surface area (Å²) < 4.78 is 20.4. The number of carbonyl (C=O) groups excluding carboxylic acids is 2. The third-order valence-corrected chi connectivity index (χ3v) is 4.11. The van der Waals surface area contributed by atoms with Gasteiger partial charge >= 0.3 is 11.9 Å². The van der Waals surface area contributed by atoms with Crippen LogP contribution in [0.5, 0.6) is 5.75 Å². The smallest absolute Gasteiger partial charge is 0.338 e. The number of fused-ring (bicyclic) bond motifs is 1. The minimum Gasteiger partial charge on any atom is -0.467 e. The SMILES string of the molecule is COC(=O)c1cc(C(=O)OCc2cc(Cl)cc3c2OCOC3)cc([N+](=O)[O-])c1. The van der Waals surface area contributed by atoms with Gasteiger partial charge in [0.25, 0.3) is 5.69 Å². The van der Waals surface area contributed by atoms with Crippen molar-refractivity contribution in [2.24, 2.45) is 0 Å². The molecule has 0 N–H and O–H groups in total. The Hall–Kier alpha value is -3.17. The standard InChI is InChI=1S/C18H14ClNO8/c1-25-17(21)10-2-11(6-15(5-10)20(23)24)18(22)27-8-13-4-14(19)3-12-7-26-9-28-16(12)13/h2-6H,7-9H2,1H3. The van der Waals surface area contributed by atoms with Gasteiger partial charge < -0.3 is 18.9 Å². The maximum Gasteiger partial charge on any atom is 0.338 e. The fourth-order valence-electron chi connectivity index (χ4n) is 2.66. The average molecular weight is 408 g/mol. The number of carbonyl (C=O) groups is 2. The molecule has 0 unspecified atom stereocenters. The summed E-state index contributed by atoms with van der Waals surface area (Å²) >= 11 is 6.06. The molecule has 0 spiro atoms. The van der Waals surface area contributed by atoms with Crippen molar-refractivity contribution in [1.82, 2.24) is 0 Å². The molecular weight excluding hydrogens is 394 g/mol. The van der Waals surface area contributed by atoms with Gasteiger partial charge in [0.1, 0.15) is 12.4 Å². The number of methoxy groups -OCH3 is 1. The van der Waals surface area contributed by atoms with Crippen LogP contribution < -0.4 is 4.74 Å². The molecule has 2 aromatic rings. The van der Waals surface area contributed by atoms with Crippen LogP contribution >= 0.6 is 11.6 Å². The van der Waals surface area contributed by atoms with E-state index >= 15 is 0 Å². The first kappa shape index (κ1) is 19.6. The van der Waals surface area contributed by atoms with Crippen LogP contribution in [0.25, 0.3) is 0 Å². The van der Waals surface area contributed by atoms with E-state index in [4.69, 9.17) is 25.8 Å². The van der Waals surface area contributed by atoms with E-state index in [0.29, 0.717) is 28.5 Å². The van der Waals surface area contributed by atoms with Crippen molar-refractivity contribution in [3.05, 3.63) is 67.7 Å². The van der Waals surface area contributed by atoms with Crippen LogP contribution in [0.1, 0.15) is 31.8 Å². The van der Waals surface area contributed by atoms with E-state index in [1.807, 2.05) is 0 Å². The van der Waals surface area contributed by atoms with E-state index in [2.05, 4.69) is 4.74 Å². The number of halogens is 1. The van der Waals surface area contributed by atoms with Crippen LogP contribution in [0.15, 0.2) is 30.3 Å². The number of hydrogen-bond donors (Lipinski definition) is 0. The summed E-state index contributed by atoms with van der Waals surface area (Å²) in [6, 6.07) is 6.48. The van der Waals surface area contributed by atoms with Gasteiger partial charge in [0, 0.05) is 28.3 Å². The predicted octanol–water partition coefficient (Wildman–Crippen LogP) is 3.26. The van der Waals surface area contributed by atoms with Crippen LogP contribution in [0.2, 0.25) is 5.02 Å². The molecule has 0 aliphatic carbocycles. The molecule has 0 fully saturated rings. The van der Waals surface area contributed by atoms with Gasteiger partial charge in [-0.1, -0.05) is 11.6 Å². The van der Waals surface area contributed by atoms with Crippen molar-refractivity contribution in [1.29, 1.82) is 0 Å². The maximum absolute atomic E-state index is 12.4. The van der Waals surface area contributed by atoms with Crippen LogP contribution in [0.4, 0.5) is 5.69 Å². The summed E-state index contributed by atoms with van der Waals surface area (Å²) in [6.45, 7) is 0.186. The summed E-state index contributed by atoms with van der Waals surface area (Å²) in [6.07, 6.45) is 0. The number of esters is 2. The van der Waals surface area contributed by atoms with Crippen molar-refractivity contribution >= 4 is 29.2 Å². The Bertz CT molecular complexity index is 959. The van der Waals surface area contributed by atoms with Crippen LogP contribution in [-0.2, 0) is 27.4 Å². The highest BCUT2D eigenvalue weighted by atomic mass is 35.5. The molecule has 0 bridgehead atoms. The first-order valence-electron chi connectivity index (χ1n) is 7.96. The fourth-order valence-corrected chi connectivity index (χ4v) is 2.92. The molecule has 28 heavy (non-hydrogen) atoms. The second-order valence-corrected chi connectivity index (χ2v) is 6.19. The number of ether oxygens (including phenoxy) is 4. The van der Waals surface area contributed by atoms with E-state index < -0.39 is 22.5 Å². The van der Waals surface area contributed by atoms with Gasteiger partial charge in [0.15, 0.2) is 6.79 Å². The van der Waals surface area contributed by atoms with Crippen molar-refractivity contribution in [3.63, 3.8) is 0 Å². The van der Waals surface area contributed by atoms with Crippen molar-refractivity contribution in [3.8, 4) is 5.75 Å². The van der Waals surface area contributed by atoms with Gasteiger partial charge in [-0.05, 0) is 18.2 Å². The lowest BCUT2D eigenvalue weighted by atomic mass is 10.1. The molecule has 1 aliphatic rings. The second kappa shape index (κ2) is 8.24. The molecule has 0 amide bonds. The monoisotopic (exact) mass is 407 g/mol. The number of non-ortho nitro benzene ring substituents is 1. The minimum atomic E-state index is -0.852. The number of hydrogen-bond acceptors (Lipinski definition) is 8. The van der Waals surface area contributed by atoms with E-state index in [9.17, 15) is 19.7 Å². The largest absolute Gasteiger partial charge is 0.467 e. The maximum atomic E-state index is 12.4. The van der Waals surface area contributed by atoms with Crippen LogP contribution in [-0.4, -0.2) is 30.8 Å². The van der Waals surface area contributed by atoms with Crippen molar-refractivity contribution in [2.45, 2.75) is 13.2 Å². The Kier molecular flexibility index (Phi) is 5.76. The highest BCUT2D eigenvalue weighted by Crippen LogP contribution is 2.32. The molecule has 0 saturated heterocycles. The lowest BCUT2D eigenvalue weighted by Crippen LogP contribution is -2.14. The van der Waals surface area contributed by atoms with Crippen molar-refractivity contribution < 1.29 is 33.5 Å². The molecule has 1 aliphatic heterocycles. The molecule has 0 radical (unpaired) electrons. The zero-order valence-corrected chi connectivity index (χ0v) is 15.4. The average Bonchev–Trinajstić information content (AvgIpc) is 2.70.